The maximum absolute atomic E-state index is 12.8. The number of carbonyl (C=O) groups excluding carboxylic acids is 1. The van der Waals surface area contributed by atoms with E-state index in [0.717, 1.165) is 36.4 Å². The number of rotatable bonds is 4. The average molecular weight is 346 g/mol. The fourth-order valence-electron chi connectivity index (χ4n) is 3.10. The van der Waals surface area contributed by atoms with Crippen molar-refractivity contribution in [2.45, 2.75) is 38.3 Å². The van der Waals surface area contributed by atoms with Crippen LogP contribution in [0.4, 0.5) is 4.79 Å². The Bertz CT molecular complexity index is 677. The molecule has 2 atom stereocenters. The Balaban J connectivity index is 1.73. The van der Waals surface area contributed by atoms with Gasteiger partial charge in [0.15, 0.2) is 0 Å². The monoisotopic (exact) mass is 346 g/mol. The topological polar surface area (TPSA) is 67.3 Å². The van der Waals surface area contributed by atoms with Gasteiger partial charge in [-0.25, -0.2) is 9.78 Å². The second-order valence-corrected chi connectivity index (χ2v) is 6.79. The molecule has 128 valence electrons. The predicted molar refractivity (Wildman–Crippen MR) is 93.1 cm³/mol. The van der Waals surface area contributed by atoms with Crippen molar-refractivity contribution in [3.63, 3.8) is 0 Å². The summed E-state index contributed by atoms with van der Waals surface area (Å²) < 4.78 is 5.34. The molecule has 1 fully saturated rings. The summed E-state index contributed by atoms with van der Waals surface area (Å²) >= 11 is 1.61. The minimum atomic E-state index is -0.158. The number of methoxy groups -OCH3 is 1. The lowest BCUT2D eigenvalue weighted by atomic mass is 10.0. The van der Waals surface area contributed by atoms with E-state index >= 15 is 0 Å². The molecule has 6 nitrogen and oxygen atoms in total. The van der Waals surface area contributed by atoms with E-state index < -0.39 is 0 Å². The quantitative estimate of drug-likeness (QED) is 0.919. The van der Waals surface area contributed by atoms with Gasteiger partial charge in [-0.15, -0.1) is 11.3 Å². The number of ether oxygens (including phenoxy) is 1. The highest BCUT2D eigenvalue weighted by Gasteiger charge is 2.30. The molecule has 2 amide bonds. The highest BCUT2D eigenvalue weighted by Crippen LogP contribution is 2.32. The van der Waals surface area contributed by atoms with Crippen LogP contribution in [0.2, 0.25) is 0 Å². The normalized spacial score (nSPS) is 18.9. The smallest absolute Gasteiger partial charge is 0.318 e. The zero-order valence-corrected chi connectivity index (χ0v) is 14.8. The number of likely N-dealkylation sites (tertiary alicyclic amines) is 1. The first-order valence-corrected chi connectivity index (χ1v) is 9.03. The van der Waals surface area contributed by atoms with E-state index in [-0.39, 0.29) is 18.1 Å². The number of nitrogens with one attached hydrogen (secondary N) is 1. The Morgan fingerprint density at radius 2 is 2.33 bits per heavy atom. The van der Waals surface area contributed by atoms with Gasteiger partial charge in [0, 0.05) is 29.9 Å². The SMILES string of the molecule is COc1cnccc1[C@H](C)NC(=O)N1CCCC[C@@H]1c1nccs1. The number of thiazole rings is 1. The molecular weight excluding hydrogens is 324 g/mol. The number of hydrogen-bond donors (Lipinski definition) is 1. The first kappa shape index (κ1) is 16.7. The van der Waals surface area contributed by atoms with Gasteiger partial charge in [0.25, 0.3) is 0 Å². The summed E-state index contributed by atoms with van der Waals surface area (Å²) in [4.78, 5) is 23.2. The zero-order chi connectivity index (χ0) is 16.9. The van der Waals surface area contributed by atoms with Gasteiger partial charge in [0.05, 0.1) is 25.4 Å². The third kappa shape index (κ3) is 3.51. The van der Waals surface area contributed by atoms with Crippen LogP contribution in [0, 0.1) is 0 Å². The largest absolute Gasteiger partial charge is 0.495 e. The second-order valence-electron chi connectivity index (χ2n) is 5.86. The Hall–Kier alpha value is -2.15. The van der Waals surface area contributed by atoms with Crippen molar-refractivity contribution in [2.24, 2.45) is 0 Å². The molecule has 3 rings (SSSR count). The van der Waals surface area contributed by atoms with Gasteiger partial charge < -0.3 is 15.0 Å². The summed E-state index contributed by atoms with van der Waals surface area (Å²) in [6.45, 7) is 2.72. The molecule has 1 aliphatic rings. The summed E-state index contributed by atoms with van der Waals surface area (Å²) in [5, 5.41) is 6.06. The number of carbonyl (C=O) groups is 1. The maximum Gasteiger partial charge on any atom is 0.318 e. The Morgan fingerprint density at radius 3 is 3.08 bits per heavy atom. The van der Waals surface area contributed by atoms with Gasteiger partial charge in [-0.1, -0.05) is 0 Å². The van der Waals surface area contributed by atoms with Crippen LogP contribution < -0.4 is 10.1 Å². The minimum Gasteiger partial charge on any atom is -0.495 e. The summed E-state index contributed by atoms with van der Waals surface area (Å²) in [5.74, 6) is 0.681. The summed E-state index contributed by atoms with van der Waals surface area (Å²) in [6.07, 6.45) is 8.30. The average Bonchev–Trinajstić information content (AvgIpc) is 3.16. The first-order valence-electron chi connectivity index (χ1n) is 8.15. The predicted octanol–water partition coefficient (Wildman–Crippen LogP) is 3.54. The van der Waals surface area contributed by atoms with Crippen molar-refractivity contribution in [3.05, 3.63) is 40.6 Å². The molecule has 0 saturated carbocycles. The molecule has 0 bridgehead atoms. The van der Waals surface area contributed by atoms with Gasteiger partial charge in [-0.05, 0) is 32.3 Å². The number of piperidine rings is 1. The van der Waals surface area contributed by atoms with Crippen molar-refractivity contribution >= 4 is 17.4 Å². The van der Waals surface area contributed by atoms with E-state index in [1.54, 1.807) is 37.0 Å². The summed E-state index contributed by atoms with van der Waals surface area (Å²) in [6, 6.07) is 1.74. The van der Waals surface area contributed by atoms with E-state index in [1.807, 2.05) is 23.3 Å². The van der Waals surface area contributed by atoms with Crippen LogP contribution in [0.5, 0.6) is 5.75 Å². The number of amides is 2. The van der Waals surface area contributed by atoms with Crippen LogP contribution in [0.25, 0.3) is 0 Å². The molecule has 2 aromatic rings. The number of pyridine rings is 1. The van der Waals surface area contributed by atoms with E-state index in [9.17, 15) is 4.79 Å². The van der Waals surface area contributed by atoms with Gasteiger partial charge in [0.1, 0.15) is 10.8 Å². The number of aromatic nitrogens is 2. The Morgan fingerprint density at radius 1 is 1.46 bits per heavy atom. The molecule has 1 saturated heterocycles. The molecule has 0 unspecified atom stereocenters. The van der Waals surface area contributed by atoms with E-state index in [1.165, 1.54) is 0 Å². The number of hydrogen-bond acceptors (Lipinski definition) is 5. The highest BCUT2D eigenvalue weighted by atomic mass is 32.1. The molecule has 0 radical (unpaired) electrons. The molecule has 24 heavy (non-hydrogen) atoms. The molecule has 0 aromatic carbocycles. The van der Waals surface area contributed by atoms with Crippen LogP contribution in [0.15, 0.2) is 30.0 Å². The Labute approximate surface area is 145 Å². The van der Waals surface area contributed by atoms with Crippen LogP contribution in [0.3, 0.4) is 0 Å². The van der Waals surface area contributed by atoms with Crippen LogP contribution in [0.1, 0.15) is 48.8 Å². The summed E-state index contributed by atoms with van der Waals surface area (Å²) in [5.41, 5.74) is 0.920. The molecule has 0 aliphatic carbocycles. The van der Waals surface area contributed by atoms with E-state index in [2.05, 4.69) is 15.3 Å². The Kier molecular flexibility index (Phi) is 5.30. The van der Waals surface area contributed by atoms with Crippen LogP contribution in [-0.2, 0) is 0 Å². The third-order valence-electron chi connectivity index (χ3n) is 4.34. The molecule has 1 aliphatic heterocycles. The van der Waals surface area contributed by atoms with Crippen LogP contribution in [-0.4, -0.2) is 34.6 Å². The molecule has 1 N–H and O–H groups in total. The van der Waals surface area contributed by atoms with Crippen molar-refractivity contribution in [1.82, 2.24) is 20.2 Å². The van der Waals surface area contributed by atoms with Crippen LogP contribution >= 0.6 is 11.3 Å². The van der Waals surface area contributed by atoms with Gasteiger partial charge in [-0.2, -0.15) is 0 Å². The zero-order valence-electron chi connectivity index (χ0n) is 13.9. The standard InChI is InChI=1S/C17H22N4O2S/c1-12(13-6-7-18-11-15(13)23-2)20-17(22)21-9-4-3-5-14(21)16-19-8-10-24-16/h6-8,10-12,14H,3-5,9H2,1-2H3,(H,20,22)/t12-,14+/m0/s1. The van der Waals surface area contributed by atoms with Gasteiger partial charge in [0.2, 0.25) is 0 Å². The second kappa shape index (κ2) is 7.61. The molecule has 2 aromatic heterocycles. The van der Waals surface area contributed by atoms with E-state index in [0.29, 0.717) is 5.75 Å². The third-order valence-corrected chi connectivity index (χ3v) is 5.22. The molecule has 0 spiro atoms. The maximum atomic E-state index is 12.8. The molecular formula is C17H22N4O2S. The lowest BCUT2D eigenvalue weighted by Gasteiger charge is -2.35. The van der Waals surface area contributed by atoms with Crippen molar-refractivity contribution in [3.8, 4) is 5.75 Å². The fourth-order valence-corrected chi connectivity index (χ4v) is 3.88. The van der Waals surface area contributed by atoms with Gasteiger partial charge >= 0.3 is 6.03 Å². The molecule has 7 heteroatoms. The van der Waals surface area contributed by atoms with Gasteiger partial charge in [-0.3, -0.25) is 4.98 Å². The number of urea groups is 1. The van der Waals surface area contributed by atoms with E-state index in [4.69, 9.17) is 4.74 Å². The first-order chi connectivity index (χ1) is 11.7. The summed E-state index contributed by atoms with van der Waals surface area (Å²) in [7, 11) is 1.61. The lowest BCUT2D eigenvalue weighted by molar-refractivity contribution is 0.148. The highest BCUT2D eigenvalue weighted by molar-refractivity contribution is 7.09. The van der Waals surface area contributed by atoms with Crippen molar-refractivity contribution < 1.29 is 9.53 Å². The van der Waals surface area contributed by atoms with Crippen molar-refractivity contribution in [1.29, 1.82) is 0 Å². The lowest BCUT2D eigenvalue weighted by Crippen LogP contribution is -2.45. The molecule has 3 heterocycles. The fraction of sp³-hybridized carbons (Fsp3) is 0.471. The minimum absolute atomic E-state index is 0.0544. The van der Waals surface area contributed by atoms with Crippen molar-refractivity contribution in [2.75, 3.05) is 13.7 Å². The number of nitrogens with zero attached hydrogens (tertiary/aromatic N) is 3.